The van der Waals surface area contributed by atoms with E-state index < -0.39 is 5.97 Å². The molecule has 0 aromatic heterocycles. The van der Waals surface area contributed by atoms with Gasteiger partial charge in [0.1, 0.15) is 0 Å². The third-order valence-corrected chi connectivity index (χ3v) is 0.957. The van der Waals surface area contributed by atoms with Gasteiger partial charge in [0, 0.05) is 20.1 Å². The standard InChI is InChI=1S/C8H12O3/c1-3-5-8(9)11-7-4-6-10-2/h5H,1,4,6-7H2,2H3. The summed E-state index contributed by atoms with van der Waals surface area (Å²) in [5, 5.41) is 0. The molecule has 3 heteroatoms. The first kappa shape index (κ1) is 9.95. The average molecular weight is 156 g/mol. The van der Waals surface area contributed by atoms with Crippen LogP contribution in [-0.4, -0.2) is 26.3 Å². The zero-order chi connectivity index (χ0) is 8.53. The molecule has 0 saturated heterocycles. The van der Waals surface area contributed by atoms with Crippen molar-refractivity contribution in [1.82, 2.24) is 0 Å². The minimum atomic E-state index is -0.406. The van der Waals surface area contributed by atoms with Gasteiger partial charge in [-0.05, 0) is 0 Å². The lowest BCUT2D eigenvalue weighted by atomic mass is 10.5. The maximum absolute atomic E-state index is 10.6. The van der Waals surface area contributed by atoms with Gasteiger partial charge in [-0.1, -0.05) is 6.58 Å². The number of hydrogen-bond donors (Lipinski definition) is 0. The molecule has 0 aliphatic carbocycles. The largest absolute Gasteiger partial charge is 0.462 e. The summed E-state index contributed by atoms with van der Waals surface area (Å²) in [6.07, 6.45) is 1.88. The first-order valence-electron chi connectivity index (χ1n) is 3.32. The lowest BCUT2D eigenvalue weighted by molar-refractivity contribution is -0.138. The van der Waals surface area contributed by atoms with Gasteiger partial charge < -0.3 is 9.47 Å². The maximum Gasteiger partial charge on any atom is 0.338 e. The molecule has 3 nitrogen and oxygen atoms in total. The summed E-state index contributed by atoms with van der Waals surface area (Å²) in [7, 11) is 1.60. The second kappa shape index (κ2) is 7.06. The molecule has 0 unspecified atom stereocenters. The molecule has 0 bridgehead atoms. The Bertz CT molecular complexity index is 157. The Hall–Kier alpha value is -1.05. The molecule has 0 N–H and O–H groups in total. The molecule has 0 aliphatic rings. The molecule has 0 saturated carbocycles. The molecule has 0 amide bonds. The third kappa shape index (κ3) is 6.84. The maximum atomic E-state index is 10.6. The topological polar surface area (TPSA) is 35.5 Å². The summed E-state index contributed by atoms with van der Waals surface area (Å²) in [6, 6.07) is 0. The van der Waals surface area contributed by atoms with Crippen LogP contribution in [0.15, 0.2) is 18.4 Å². The number of esters is 1. The zero-order valence-electron chi connectivity index (χ0n) is 6.63. The predicted molar refractivity (Wildman–Crippen MR) is 41.2 cm³/mol. The van der Waals surface area contributed by atoms with Gasteiger partial charge in [-0.15, -0.1) is 5.73 Å². The molecule has 0 heterocycles. The number of ether oxygens (including phenoxy) is 2. The highest BCUT2D eigenvalue weighted by Crippen LogP contribution is 1.85. The summed E-state index contributed by atoms with van der Waals surface area (Å²) in [5.74, 6) is -0.406. The summed E-state index contributed by atoms with van der Waals surface area (Å²) < 4.78 is 9.46. The zero-order valence-corrected chi connectivity index (χ0v) is 6.63. The van der Waals surface area contributed by atoms with E-state index in [1.54, 1.807) is 7.11 Å². The van der Waals surface area contributed by atoms with Gasteiger partial charge in [-0.25, -0.2) is 4.79 Å². The van der Waals surface area contributed by atoms with Gasteiger partial charge in [-0.3, -0.25) is 0 Å². The molecular formula is C8H12O3. The van der Waals surface area contributed by atoms with Crippen LogP contribution in [0.1, 0.15) is 6.42 Å². The summed E-state index contributed by atoms with van der Waals surface area (Å²) in [4.78, 5) is 10.6. The van der Waals surface area contributed by atoms with Crippen molar-refractivity contribution < 1.29 is 14.3 Å². The lowest BCUT2D eigenvalue weighted by Crippen LogP contribution is -2.04. The van der Waals surface area contributed by atoms with Crippen molar-refractivity contribution in [2.45, 2.75) is 6.42 Å². The molecule has 0 spiro atoms. The highest BCUT2D eigenvalue weighted by Gasteiger charge is 1.93. The molecule has 11 heavy (non-hydrogen) atoms. The van der Waals surface area contributed by atoms with Crippen LogP contribution in [0.5, 0.6) is 0 Å². The van der Waals surface area contributed by atoms with Crippen molar-refractivity contribution in [3.63, 3.8) is 0 Å². The molecule has 0 aromatic carbocycles. The fourth-order valence-corrected chi connectivity index (χ4v) is 0.501. The van der Waals surface area contributed by atoms with E-state index in [1.165, 1.54) is 0 Å². The van der Waals surface area contributed by atoms with Crippen molar-refractivity contribution in [2.24, 2.45) is 0 Å². The van der Waals surface area contributed by atoms with E-state index >= 15 is 0 Å². The normalized spacial score (nSPS) is 8.45. The van der Waals surface area contributed by atoms with Crippen molar-refractivity contribution in [2.75, 3.05) is 20.3 Å². The quantitative estimate of drug-likeness (QED) is 0.257. The van der Waals surface area contributed by atoms with E-state index in [9.17, 15) is 4.79 Å². The van der Waals surface area contributed by atoms with Crippen molar-refractivity contribution in [3.05, 3.63) is 18.4 Å². The molecule has 0 fully saturated rings. The van der Waals surface area contributed by atoms with Crippen LogP contribution in [0, 0.1) is 0 Å². The number of carbonyl (C=O) groups excluding carboxylic acids is 1. The fourth-order valence-electron chi connectivity index (χ4n) is 0.501. The van der Waals surface area contributed by atoms with E-state index in [-0.39, 0.29) is 0 Å². The summed E-state index contributed by atoms with van der Waals surface area (Å²) >= 11 is 0. The molecule has 62 valence electrons. The lowest BCUT2D eigenvalue weighted by Gasteiger charge is -1.99. The van der Waals surface area contributed by atoms with Gasteiger partial charge >= 0.3 is 5.97 Å². The van der Waals surface area contributed by atoms with E-state index in [4.69, 9.17) is 9.47 Å². The van der Waals surface area contributed by atoms with Crippen molar-refractivity contribution in [1.29, 1.82) is 0 Å². The van der Waals surface area contributed by atoms with Gasteiger partial charge in [0.05, 0.1) is 12.7 Å². The van der Waals surface area contributed by atoms with Gasteiger partial charge in [-0.2, -0.15) is 0 Å². The number of rotatable bonds is 5. The Balaban J connectivity index is 3.24. The van der Waals surface area contributed by atoms with Gasteiger partial charge in [0.25, 0.3) is 0 Å². The first-order chi connectivity index (χ1) is 5.31. The first-order valence-corrected chi connectivity index (χ1v) is 3.32. The van der Waals surface area contributed by atoms with Crippen LogP contribution in [0.3, 0.4) is 0 Å². The van der Waals surface area contributed by atoms with Crippen LogP contribution < -0.4 is 0 Å². The number of hydrogen-bond acceptors (Lipinski definition) is 3. The fraction of sp³-hybridized carbons (Fsp3) is 0.500. The molecular weight excluding hydrogens is 144 g/mol. The minimum absolute atomic E-state index is 0.380. The smallest absolute Gasteiger partial charge is 0.338 e. The molecule has 0 atom stereocenters. The molecule has 0 radical (unpaired) electrons. The van der Waals surface area contributed by atoms with Crippen LogP contribution >= 0.6 is 0 Å². The monoisotopic (exact) mass is 156 g/mol. The number of carbonyl (C=O) groups is 1. The summed E-state index contributed by atoms with van der Waals surface area (Å²) in [5.41, 5.74) is 2.33. The summed E-state index contributed by atoms with van der Waals surface area (Å²) in [6.45, 7) is 4.22. The van der Waals surface area contributed by atoms with E-state index in [1.807, 2.05) is 0 Å². The Kier molecular flexibility index (Phi) is 6.39. The van der Waals surface area contributed by atoms with Gasteiger partial charge in [0.2, 0.25) is 0 Å². The molecule has 0 aromatic rings. The van der Waals surface area contributed by atoms with Gasteiger partial charge in [0.15, 0.2) is 0 Å². The SMILES string of the molecule is C=C=CC(=O)OCCCOC. The van der Waals surface area contributed by atoms with Crippen LogP contribution in [-0.2, 0) is 14.3 Å². The molecule has 0 aliphatic heterocycles. The second-order valence-electron chi connectivity index (χ2n) is 1.86. The average Bonchev–Trinajstić information content (AvgIpc) is 1.99. The van der Waals surface area contributed by atoms with Crippen LogP contribution in [0.25, 0.3) is 0 Å². The minimum Gasteiger partial charge on any atom is -0.462 e. The third-order valence-electron chi connectivity index (χ3n) is 0.957. The number of methoxy groups -OCH3 is 1. The predicted octanol–water partition coefficient (Wildman–Crippen LogP) is 0.907. The second-order valence-corrected chi connectivity index (χ2v) is 1.86. The van der Waals surface area contributed by atoms with E-state index in [2.05, 4.69) is 12.3 Å². The van der Waals surface area contributed by atoms with Crippen LogP contribution in [0.2, 0.25) is 0 Å². The highest BCUT2D eigenvalue weighted by molar-refractivity contribution is 5.81. The van der Waals surface area contributed by atoms with E-state index in [0.29, 0.717) is 19.6 Å². The van der Waals surface area contributed by atoms with Crippen molar-refractivity contribution in [3.8, 4) is 0 Å². The van der Waals surface area contributed by atoms with Crippen LogP contribution in [0.4, 0.5) is 0 Å². The Morgan fingerprint density at radius 2 is 2.36 bits per heavy atom. The highest BCUT2D eigenvalue weighted by atomic mass is 16.5. The Labute approximate surface area is 66.3 Å². The van der Waals surface area contributed by atoms with Crippen molar-refractivity contribution >= 4 is 5.97 Å². The Morgan fingerprint density at radius 3 is 2.91 bits per heavy atom. The van der Waals surface area contributed by atoms with E-state index in [0.717, 1.165) is 6.08 Å². The molecule has 0 rings (SSSR count). The Morgan fingerprint density at radius 1 is 1.64 bits per heavy atom.